The van der Waals surface area contributed by atoms with Crippen LogP contribution < -0.4 is 5.32 Å². The molecule has 5 heteroatoms. The second-order valence-electron chi connectivity index (χ2n) is 3.71. The maximum absolute atomic E-state index is 11.4. The molecule has 0 heterocycles. The SMILES string of the molecule is CN(CCc1ccccc1)C(=O)NCC(=O)O. The predicted molar refractivity (Wildman–Crippen MR) is 63.8 cm³/mol. The number of carbonyl (C=O) groups is 2. The van der Waals surface area contributed by atoms with Crippen LogP contribution in [0.5, 0.6) is 0 Å². The van der Waals surface area contributed by atoms with Crippen LogP contribution in [0.1, 0.15) is 5.56 Å². The van der Waals surface area contributed by atoms with Crippen LogP contribution in [0.2, 0.25) is 0 Å². The molecule has 5 nitrogen and oxygen atoms in total. The van der Waals surface area contributed by atoms with Gasteiger partial charge < -0.3 is 15.3 Å². The smallest absolute Gasteiger partial charge is 0.323 e. The zero-order valence-electron chi connectivity index (χ0n) is 9.72. The highest BCUT2D eigenvalue weighted by molar-refractivity contribution is 5.79. The van der Waals surface area contributed by atoms with E-state index in [0.717, 1.165) is 12.0 Å². The molecule has 0 bridgehead atoms. The van der Waals surface area contributed by atoms with E-state index < -0.39 is 5.97 Å². The fourth-order valence-corrected chi connectivity index (χ4v) is 1.33. The summed E-state index contributed by atoms with van der Waals surface area (Å²) in [6.07, 6.45) is 0.748. The van der Waals surface area contributed by atoms with Crippen molar-refractivity contribution in [3.63, 3.8) is 0 Å². The van der Waals surface area contributed by atoms with E-state index in [1.807, 2.05) is 30.3 Å². The van der Waals surface area contributed by atoms with Gasteiger partial charge in [0.2, 0.25) is 0 Å². The van der Waals surface area contributed by atoms with Gasteiger partial charge in [-0.15, -0.1) is 0 Å². The molecule has 0 unspecified atom stereocenters. The standard InChI is InChI=1S/C12H16N2O3/c1-14(12(17)13-9-11(15)16)8-7-10-5-3-2-4-6-10/h2-6H,7-9H2,1H3,(H,13,17)(H,15,16). The first kappa shape index (κ1) is 13.0. The fraction of sp³-hybridized carbons (Fsp3) is 0.333. The van der Waals surface area contributed by atoms with Gasteiger partial charge in [-0.1, -0.05) is 30.3 Å². The maximum Gasteiger partial charge on any atom is 0.323 e. The first-order valence-electron chi connectivity index (χ1n) is 5.34. The molecule has 0 aliphatic carbocycles. The molecule has 92 valence electrons. The molecular weight excluding hydrogens is 220 g/mol. The van der Waals surface area contributed by atoms with Crippen molar-refractivity contribution in [3.05, 3.63) is 35.9 Å². The monoisotopic (exact) mass is 236 g/mol. The molecule has 0 aliphatic heterocycles. The Bertz CT molecular complexity index is 379. The van der Waals surface area contributed by atoms with Crippen molar-refractivity contribution >= 4 is 12.0 Å². The molecule has 0 saturated carbocycles. The lowest BCUT2D eigenvalue weighted by atomic mass is 10.1. The highest BCUT2D eigenvalue weighted by Crippen LogP contribution is 2.00. The van der Waals surface area contributed by atoms with E-state index in [1.165, 1.54) is 4.90 Å². The highest BCUT2D eigenvalue weighted by atomic mass is 16.4. The summed E-state index contributed by atoms with van der Waals surface area (Å²) in [4.78, 5) is 23.2. The molecule has 0 aromatic heterocycles. The lowest BCUT2D eigenvalue weighted by molar-refractivity contribution is -0.135. The summed E-state index contributed by atoms with van der Waals surface area (Å²) in [5.74, 6) is -1.05. The van der Waals surface area contributed by atoms with Crippen LogP contribution in [0.3, 0.4) is 0 Å². The molecule has 0 atom stereocenters. The van der Waals surface area contributed by atoms with Gasteiger partial charge >= 0.3 is 12.0 Å². The second-order valence-corrected chi connectivity index (χ2v) is 3.71. The number of carboxylic acid groups (broad SMARTS) is 1. The molecule has 1 rings (SSSR count). The van der Waals surface area contributed by atoms with E-state index in [4.69, 9.17) is 5.11 Å². The molecule has 2 amide bonds. The third kappa shape index (κ3) is 5.01. The Kier molecular flexibility index (Phi) is 5.00. The molecule has 0 radical (unpaired) electrons. The Morgan fingerprint density at radius 3 is 2.53 bits per heavy atom. The fourth-order valence-electron chi connectivity index (χ4n) is 1.33. The van der Waals surface area contributed by atoms with Crippen LogP contribution >= 0.6 is 0 Å². The Morgan fingerprint density at radius 1 is 1.29 bits per heavy atom. The van der Waals surface area contributed by atoms with Crippen molar-refractivity contribution in [3.8, 4) is 0 Å². The summed E-state index contributed by atoms with van der Waals surface area (Å²) >= 11 is 0. The number of benzene rings is 1. The number of nitrogens with zero attached hydrogens (tertiary/aromatic N) is 1. The van der Waals surface area contributed by atoms with Gasteiger partial charge in [0, 0.05) is 13.6 Å². The summed E-state index contributed by atoms with van der Waals surface area (Å²) in [5.41, 5.74) is 1.14. The van der Waals surface area contributed by atoms with Gasteiger partial charge in [0.25, 0.3) is 0 Å². The molecule has 17 heavy (non-hydrogen) atoms. The van der Waals surface area contributed by atoms with Crippen molar-refractivity contribution in [2.75, 3.05) is 20.1 Å². The first-order valence-corrected chi connectivity index (χ1v) is 5.34. The third-order valence-corrected chi connectivity index (χ3v) is 2.32. The van der Waals surface area contributed by atoms with Crippen LogP contribution in [0.4, 0.5) is 4.79 Å². The average Bonchev–Trinajstić information content (AvgIpc) is 2.34. The van der Waals surface area contributed by atoms with E-state index in [-0.39, 0.29) is 12.6 Å². The van der Waals surface area contributed by atoms with Crippen molar-refractivity contribution < 1.29 is 14.7 Å². The normalized spacial score (nSPS) is 9.71. The van der Waals surface area contributed by atoms with Crippen molar-refractivity contribution in [1.29, 1.82) is 0 Å². The number of hydrogen-bond acceptors (Lipinski definition) is 2. The number of nitrogens with one attached hydrogen (secondary N) is 1. The first-order chi connectivity index (χ1) is 8.09. The van der Waals surface area contributed by atoms with Gasteiger partial charge in [-0.3, -0.25) is 4.79 Å². The van der Waals surface area contributed by atoms with Gasteiger partial charge in [-0.25, -0.2) is 4.79 Å². The van der Waals surface area contributed by atoms with E-state index >= 15 is 0 Å². The van der Waals surface area contributed by atoms with Crippen molar-refractivity contribution in [2.45, 2.75) is 6.42 Å². The van der Waals surface area contributed by atoms with E-state index in [0.29, 0.717) is 6.54 Å². The van der Waals surface area contributed by atoms with Gasteiger partial charge in [-0.2, -0.15) is 0 Å². The van der Waals surface area contributed by atoms with Crippen molar-refractivity contribution in [1.82, 2.24) is 10.2 Å². The minimum absolute atomic E-state index is 0.353. The molecule has 0 aliphatic rings. The number of amides is 2. The average molecular weight is 236 g/mol. The number of hydrogen-bond donors (Lipinski definition) is 2. The Morgan fingerprint density at radius 2 is 1.94 bits per heavy atom. The van der Waals surface area contributed by atoms with Crippen LogP contribution in [-0.4, -0.2) is 42.1 Å². The predicted octanol–water partition coefficient (Wildman–Crippen LogP) is 0.955. The molecule has 0 saturated heterocycles. The molecule has 2 N–H and O–H groups in total. The molecule has 0 spiro atoms. The van der Waals surface area contributed by atoms with Crippen LogP contribution in [0.25, 0.3) is 0 Å². The Hall–Kier alpha value is -2.04. The van der Waals surface area contributed by atoms with E-state index in [1.54, 1.807) is 7.05 Å². The number of aliphatic carboxylic acids is 1. The van der Waals surface area contributed by atoms with Gasteiger partial charge in [0.1, 0.15) is 6.54 Å². The van der Waals surface area contributed by atoms with Crippen LogP contribution in [-0.2, 0) is 11.2 Å². The number of rotatable bonds is 5. The van der Waals surface area contributed by atoms with E-state index in [2.05, 4.69) is 5.32 Å². The maximum atomic E-state index is 11.4. The van der Waals surface area contributed by atoms with Gasteiger partial charge in [0.15, 0.2) is 0 Å². The third-order valence-electron chi connectivity index (χ3n) is 2.32. The minimum atomic E-state index is -1.05. The highest BCUT2D eigenvalue weighted by Gasteiger charge is 2.08. The number of likely N-dealkylation sites (N-methyl/N-ethyl adjacent to an activating group) is 1. The molecular formula is C12H16N2O3. The molecule has 0 fully saturated rings. The molecule has 1 aromatic carbocycles. The quantitative estimate of drug-likeness (QED) is 0.799. The topological polar surface area (TPSA) is 69.6 Å². The summed E-state index contributed by atoms with van der Waals surface area (Å²) in [6, 6.07) is 9.43. The van der Waals surface area contributed by atoms with Crippen molar-refractivity contribution in [2.24, 2.45) is 0 Å². The zero-order chi connectivity index (χ0) is 12.7. The summed E-state index contributed by atoms with van der Waals surface area (Å²) in [7, 11) is 1.64. The number of urea groups is 1. The lowest BCUT2D eigenvalue weighted by Gasteiger charge is -2.17. The summed E-state index contributed by atoms with van der Waals surface area (Å²) < 4.78 is 0. The lowest BCUT2D eigenvalue weighted by Crippen LogP contribution is -2.40. The van der Waals surface area contributed by atoms with Gasteiger partial charge in [0.05, 0.1) is 0 Å². The molecule has 1 aromatic rings. The second kappa shape index (κ2) is 6.52. The Labute approximate surface area is 100 Å². The van der Waals surface area contributed by atoms with Crippen LogP contribution in [0, 0.1) is 0 Å². The summed E-state index contributed by atoms with van der Waals surface area (Å²) in [5, 5.41) is 10.7. The zero-order valence-corrected chi connectivity index (χ0v) is 9.72. The van der Waals surface area contributed by atoms with Gasteiger partial charge in [-0.05, 0) is 12.0 Å². The largest absolute Gasteiger partial charge is 0.480 e. The number of carbonyl (C=O) groups excluding carboxylic acids is 1. The van der Waals surface area contributed by atoms with Crippen LogP contribution in [0.15, 0.2) is 30.3 Å². The number of carboxylic acids is 1. The Balaban J connectivity index is 2.31. The summed E-state index contributed by atoms with van der Waals surface area (Å²) in [6.45, 7) is 0.198. The van der Waals surface area contributed by atoms with E-state index in [9.17, 15) is 9.59 Å². The minimum Gasteiger partial charge on any atom is -0.480 e.